The highest BCUT2D eigenvalue weighted by Gasteiger charge is 2.35. The maximum Gasteiger partial charge on any atom is 0.331 e. The number of amides is 2. The van der Waals surface area contributed by atoms with Gasteiger partial charge in [-0.2, -0.15) is 0 Å². The van der Waals surface area contributed by atoms with Crippen LogP contribution < -0.4 is 22.1 Å². The number of hydrogen-bond donors (Lipinski definition) is 4. The molecule has 1 rings (SSSR count). The number of carbonyl (C=O) groups excluding carboxylic acids is 4. The van der Waals surface area contributed by atoms with Crippen LogP contribution in [-0.4, -0.2) is 58.0 Å². The van der Waals surface area contributed by atoms with Crippen LogP contribution in [0.4, 0.5) is 11.6 Å². The van der Waals surface area contributed by atoms with Crippen LogP contribution >= 0.6 is 0 Å². The van der Waals surface area contributed by atoms with Gasteiger partial charge in [0.15, 0.2) is 23.0 Å². The van der Waals surface area contributed by atoms with E-state index in [1.54, 1.807) is 13.8 Å². The molecule has 12 heteroatoms. The van der Waals surface area contributed by atoms with Crippen molar-refractivity contribution < 1.29 is 28.7 Å². The number of anilines is 2. The Balaban J connectivity index is 3.09. The molecule has 0 aromatic carbocycles. The Bertz CT molecular complexity index is 782. The number of nitrogens with zero attached hydrogens (tertiary/aromatic N) is 2. The molecule has 0 unspecified atom stereocenters. The molecule has 0 spiro atoms. The summed E-state index contributed by atoms with van der Waals surface area (Å²) < 4.78 is 9.79. The standard InChI is InChI=1S/C18H28N6O6/c1-7-29-15(27)17(3,4)23-13(25)9-11(19)22-10(12(20)21-9)14(26)24-18(5,6)16(28)30-8-2/h7-8H2,1-6H3,(H2,20,21)(H2,19,22)(H,23,25)(H,24,26). The lowest BCUT2D eigenvalue weighted by molar-refractivity contribution is -0.150. The quantitative estimate of drug-likeness (QED) is 0.406. The van der Waals surface area contributed by atoms with Crippen molar-refractivity contribution in [2.24, 2.45) is 0 Å². The third kappa shape index (κ3) is 5.78. The highest BCUT2D eigenvalue weighted by molar-refractivity contribution is 6.03. The zero-order valence-electron chi connectivity index (χ0n) is 17.9. The first kappa shape index (κ1) is 24.6. The molecule has 0 aliphatic heterocycles. The SMILES string of the molecule is CCOC(=O)C(C)(C)NC(=O)c1nc(N)c(C(=O)NC(C)(C)C(=O)OCC)nc1N. The second-order valence-corrected chi connectivity index (χ2v) is 7.29. The molecule has 0 saturated heterocycles. The third-order valence-corrected chi connectivity index (χ3v) is 3.80. The van der Waals surface area contributed by atoms with Crippen molar-refractivity contribution in [2.45, 2.75) is 52.6 Å². The first-order chi connectivity index (χ1) is 13.8. The number of nitrogens with one attached hydrogen (secondary N) is 2. The number of nitrogen functional groups attached to an aromatic ring is 2. The zero-order chi connectivity index (χ0) is 23.3. The Kier molecular flexibility index (Phi) is 7.68. The number of aromatic nitrogens is 2. The predicted octanol–water partition coefficient (Wildman–Crippen LogP) is -0.216. The smallest absolute Gasteiger partial charge is 0.331 e. The number of carbonyl (C=O) groups is 4. The van der Waals surface area contributed by atoms with Crippen molar-refractivity contribution in [1.29, 1.82) is 0 Å². The van der Waals surface area contributed by atoms with Gasteiger partial charge in [-0.05, 0) is 41.5 Å². The van der Waals surface area contributed by atoms with Crippen LogP contribution in [0.2, 0.25) is 0 Å². The molecule has 0 aliphatic rings. The van der Waals surface area contributed by atoms with Crippen LogP contribution in [0.3, 0.4) is 0 Å². The van der Waals surface area contributed by atoms with Gasteiger partial charge in [-0.3, -0.25) is 9.59 Å². The predicted molar refractivity (Wildman–Crippen MR) is 107 cm³/mol. The molecule has 0 bridgehead atoms. The topological polar surface area (TPSA) is 189 Å². The normalized spacial score (nSPS) is 11.4. The van der Waals surface area contributed by atoms with E-state index >= 15 is 0 Å². The molecule has 0 aliphatic carbocycles. The summed E-state index contributed by atoms with van der Waals surface area (Å²) in [5.41, 5.74) is 8.08. The lowest BCUT2D eigenvalue weighted by atomic mass is 10.1. The Hall–Kier alpha value is -3.44. The van der Waals surface area contributed by atoms with E-state index in [0.29, 0.717) is 0 Å². The third-order valence-electron chi connectivity index (χ3n) is 3.80. The molecule has 1 aromatic rings. The number of ether oxygens (including phenoxy) is 2. The van der Waals surface area contributed by atoms with Crippen molar-refractivity contribution in [3.63, 3.8) is 0 Å². The fourth-order valence-corrected chi connectivity index (χ4v) is 2.21. The summed E-state index contributed by atoms with van der Waals surface area (Å²) in [5, 5.41) is 4.86. The minimum absolute atomic E-state index is 0.138. The largest absolute Gasteiger partial charge is 0.464 e. The van der Waals surface area contributed by atoms with Crippen molar-refractivity contribution >= 4 is 35.4 Å². The molecular weight excluding hydrogens is 396 g/mol. The molecule has 0 saturated carbocycles. The Morgan fingerprint density at radius 1 is 0.767 bits per heavy atom. The van der Waals surface area contributed by atoms with Crippen LogP contribution in [0.25, 0.3) is 0 Å². The summed E-state index contributed by atoms with van der Waals surface area (Å²) >= 11 is 0. The van der Waals surface area contributed by atoms with Gasteiger partial charge in [0, 0.05) is 0 Å². The molecule has 1 heterocycles. The van der Waals surface area contributed by atoms with E-state index in [9.17, 15) is 19.2 Å². The average molecular weight is 424 g/mol. The molecular formula is C18H28N6O6. The summed E-state index contributed by atoms with van der Waals surface area (Å²) in [7, 11) is 0. The highest BCUT2D eigenvalue weighted by Crippen LogP contribution is 2.16. The highest BCUT2D eigenvalue weighted by atomic mass is 16.5. The van der Waals surface area contributed by atoms with E-state index in [-0.39, 0.29) is 36.2 Å². The number of esters is 2. The summed E-state index contributed by atoms with van der Waals surface area (Å²) in [5.74, 6) is -3.75. The van der Waals surface area contributed by atoms with E-state index in [1.165, 1.54) is 27.7 Å². The lowest BCUT2D eigenvalue weighted by Gasteiger charge is -2.24. The number of hydrogen-bond acceptors (Lipinski definition) is 10. The summed E-state index contributed by atoms with van der Waals surface area (Å²) in [6.45, 7) is 9.30. The fraction of sp³-hybridized carbons (Fsp3) is 0.556. The van der Waals surface area contributed by atoms with Gasteiger partial charge in [-0.15, -0.1) is 0 Å². The van der Waals surface area contributed by atoms with E-state index in [1.807, 2.05) is 0 Å². The van der Waals surface area contributed by atoms with Crippen molar-refractivity contribution in [1.82, 2.24) is 20.6 Å². The fourth-order valence-electron chi connectivity index (χ4n) is 2.21. The van der Waals surface area contributed by atoms with Crippen molar-refractivity contribution in [3.05, 3.63) is 11.4 Å². The second kappa shape index (κ2) is 9.37. The summed E-state index contributed by atoms with van der Waals surface area (Å²) in [6.07, 6.45) is 0. The molecule has 2 amide bonds. The van der Waals surface area contributed by atoms with E-state index in [0.717, 1.165) is 0 Å². The maximum absolute atomic E-state index is 12.5. The van der Waals surface area contributed by atoms with Gasteiger partial charge in [-0.1, -0.05) is 0 Å². The van der Waals surface area contributed by atoms with Crippen LogP contribution in [-0.2, 0) is 19.1 Å². The van der Waals surface area contributed by atoms with Gasteiger partial charge in [0.2, 0.25) is 0 Å². The maximum atomic E-state index is 12.5. The minimum atomic E-state index is -1.37. The molecule has 0 radical (unpaired) electrons. The minimum Gasteiger partial charge on any atom is -0.464 e. The van der Waals surface area contributed by atoms with E-state index in [4.69, 9.17) is 20.9 Å². The lowest BCUT2D eigenvalue weighted by Crippen LogP contribution is -2.51. The van der Waals surface area contributed by atoms with E-state index < -0.39 is 34.8 Å². The molecule has 0 fully saturated rings. The molecule has 166 valence electrons. The molecule has 0 atom stereocenters. The van der Waals surface area contributed by atoms with Crippen LogP contribution in [0.1, 0.15) is 62.5 Å². The molecule has 30 heavy (non-hydrogen) atoms. The monoisotopic (exact) mass is 424 g/mol. The average Bonchev–Trinajstić information content (AvgIpc) is 2.62. The van der Waals surface area contributed by atoms with Gasteiger partial charge in [0.25, 0.3) is 11.8 Å². The van der Waals surface area contributed by atoms with Crippen LogP contribution in [0.15, 0.2) is 0 Å². The second-order valence-electron chi connectivity index (χ2n) is 7.29. The molecule has 6 N–H and O–H groups in total. The van der Waals surface area contributed by atoms with Crippen molar-refractivity contribution in [2.75, 3.05) is 24.7 Å². The first-order valence-electron chi connectivity index (χ1n) is 9.19. The van der Waals surface area contributed by atoms with Crippen molar-refractivity contribution in [3.8, 4) is 0 Å². The molecule has 1 aromatic heterocycles. The van der Waals surface area contributed by atoms with Crippen LogP contribution in [0.5, 0.6) is 0 Å². The van der Waals surface area contributed by atoms with Gasteiger partial charge in [-0.25, -0.2) is 19.6 Å². The number of nitrogens with two attached hydrogens (primary N) is 2. The molecule has 12 nitrogen and oxygen atoms in total. The van der Waals surface area contributed by atoms with Gasteiger partial charge in [0.05, 0.1) is 13.2 Å². The van der Waals surface area contributed by atoms with Gasteiger partial charge >= 0.3 is 11.9 Å². The Labute approximate surface area is 174 Å². The number of rotatable bonds is 8. The van der Waals surface area contributed by atoms with Gasteiger partial charge < -0.3 is 31.6 Å². The summed E-state index contributed by atoms with van der Waals surface area (Å²) in [4.78, 5) is 56.6. The van der Waals surface area contributed by atoms with Gasteiger partial charge in [0.1, 0.15) is 11.1 Å². The Morgan fingerprint density at radius 2 is 1.07 bits per heavy atom. The summed E-state index contributed by atoms with van der Waals surface area (Å²) in [6, 6.07) is 0. The van der Waals surface area contributed by atoms with E-state index in [2.05, 4.69) is 20.6 Å². The Morgan fingerprint density at radius 3 is 1.33 bits per heavy atom. The zero-order valence-corrected chi connectivity index (χ0v) is 17.9. The van der Waals surface area contributed by atoms with Crippen LogP contribution in [0, 0.1) is 0 Å². The first-order valence-corrected chi connectivity index (χ1v) is 9.19.